The molecule has 6 heteroatoms. The molecule has 0 bridgehead atoms. The molecule has 300 valence electrons. The summed E-state index contributed by atoms with van der Waals surface area (Å²) in [5.74, 6) is 1.99. The number of carbonyl (C=O) groups excluding carboxylic acids is 2. The van der Waals surface area contributed by atoms with Crippen LogP contribution in [-0.2, 0) is 9.59 Å². The summed E-state index contributed by atoms with van der Waals surface area (Å²) in [6, 6.07) is 2.31. The fourth-order valence-electron chi connectivity index (χ4n) is 7.35. The highest BCUT2D eigenvalue weighted by molar-refractivity contribution is 5.76. The Labute approximate surface area is 319 Å². The minimum absolute atomic E-state index is 0.147. The van der Waals surface area contributed by atoms with Crippen molar-refractivity contribution in [2.24, 2.45) is 11.8 Å². The Morgan fingerprint density at radius 1 is 0.490 bits per heavy atom. The average molecular weight is 718 g/mol. The first-order valence-corrected chi connectivity index (χ1v) is 22.5. The first-order chi connectivity index (χ1) is 24.7. The number of quaternary nitrogens is 1. The van der Waals surface area contributed by atoms with Crippen LogP contribution in [0.15, 0.2) is 0 Å². The Balaban J connectivity index is 3.90. The molecule has 51 heavy (non-hydrogen) atoms. The molecule has 0 radical (unpaired) electrons. The monoisotopic (exact) mass is 718 g/mol. The smallest absolute Gasteiger partial charge is 0.220 e. The molecule has 0 aliphatic rings. The number of rotatable bonds is 39. The van der Waals surface area contributed by atoms with E-state index < -0.39 is 0 Å². The molecule has 0 rings (SSSR count). The molecule has 2 N–H and O–H groups in total. The largest absolute Gasteiger partial charge is 0.350 e. The van der Waals surface area contributed by atoms with Crippen molar-refractivity contribution in [1.82, 2.24) is 10.6 Å². The van der Waals surface area contributed by atoms with Crippen LogP contribution in [0.4, 0.5) is 0 Å². The summed E-state index contributed by atoms with van der Waals surface area (Å²) in [6.45, 7) is 15.9. The van der Waals surface area contributed by atoms with Gasteiger partial charge in [-0.25, -0.2) is 0 Å². The van der Waals surface area contributed by atoms with Gasteiger partial charge in [-0.2, -0.15) is 5.26 Å². The number of amides is 2. The second kappa shape index (κ2) is 36.7. The van der Waals surface area contributed by atoms with E-state index in [0.29, 0.717) is 32.4 Å². The van der Waals surface area contributed by atoms with E-state index in [2.05, 4.69) is 51.3 Å². The second-order valence-corrected chi connectivity index (χ2v) is 16.8. The van der Waals surface area contributed by atoms with Gasteiger partial charge in [-0.1, -0.05) is 182 Å². The van der Waals surface area contributed by atoms with Crippen LogP contribution in [-0.4, -0.2) is 55.6 Å². The molecule has 6 nitrogen and oxygen atoms in total. The average Bonchev–Trinajstić information content (AvgIpc) is 3.10. The van der Waals surface area contributed by atoms with E-state index in [1.807, 2.05) is 0 Å². The molecule has 0 aromatic carbocycles. The Hall–Kier alpha value is -1.61. The third kappa shape index (κ3) is 35.2. The van der Waals surface area contributed by atoms with Crippen LogP contribution < -0.4 is 10.6 Å². The van der Waals surface area contributed by atoms with Crippen molar-refractivity contribution in [3.8, 4) is 6.07 Å². The van der Waals surface area contributed by atoms with E-state index >= 15 is 0 Å². The summed E-state index contributed by atoms with van der Waals surface area (Å²) in [5, 5.41) is 15.6. The number of carbonyl (C=O) groups is 2. The van der Waals surface area contributed by atoms with Crippen LogP contribution >= 0.6 is 0 Å². The summed E-state index contributed by atoms with van der Waals surface area (Å²) in [5.41, 5.74) is 0. The van der Waals surface area contributed by atoms with Crippen LogP contribution in [0.3, 0.4) is 0 Å². The molecule has 0 heterocycles. The number of hydrogen-bond acceptors (Lipinski definition) is 3. The normalized spacial score (nSPS) is 11.7. The predicted molar refractivity (Wildman–Crippen MR) is 221 cm³/mol. The van der Waals surface area contributed by atoms with Crippen molar-refractivity contribution in [2.75, 3.05) is 39.3 Å². The number of likely N-dealkylation sites (N-methyl/N-ethyl adjacent to an activating group) is 1. The SMILES string of the molecule is CC[N+](CCC#N)(CCNC(=O)CCCCCCCCCCCCCCC(C)C)CCNC(=O)CCCCCCCCCCCCCCC(C)C. The second-order valence-electron chi connectivity index (χ2n) is 16.8. The Morgan fingerprint density at radius 3 is 1.06 bits per heavy atom. The molecule has 0 aromatic rings. The maximum Gasteiger partial charge on any atom is 0.220 e. The van der Waals surface area contributed by atoms with E-state index in [1.54, 1.807) is 0 Å². The highest BCUT2D eigenvalue weighted by atomic mass is 16.2. The number of nitrogens with zero attached hydrogens (tertiary/aromatic N) is 2. The Kier molecular flexibility index (Phi) is 35.6. The van der Waals surface area contributed by atoms with E-state index in [4.69, 9.17) is 0 Å². The minimum Gasteiger partial charge on any atom is -0.350 e. The maximum absolute atomic E-state index is 12.5. The number of nitriles is 1. The van der Waals surface area contributed by atoms with Gasteiger partial charge in [-0.15, -0.1) is 0 Å². The molecular weight excluding hydrogens is 629 g/mol. The number of unbranched alkanes of at least 4 members (excludes halogenated alkanes) is 22. The van der Waals surface area contributed by atoms with Gasteiger partial charge in [0.25, 0.3) is 0 Å². The van der Waals surface area contributed by atoms with Crippen molar-refractivity contribution in [3.05, 3.63) is 0 Å². The highest BCUT2D eigenvalue weighted by Crippen LogP contribution is 2.16. The van der Waals surface area contributed by atoms with Crippen LogP contribution in [0.2, 0.25) is 0 Å². The molecule has 2 amide bonds. The van der Waals surface area contributed by atoms with Gasteiger partial charge in [0.05, 0.1) is 51.8 Å². The number of hydrogen-bond donors (Lipinski definition) is 2. The van der Waals surface area contributed by atoms with Crippen LogP contribution in [0.5, 0.6) is 0 Å². The van der Waals surface area contributed by atoms with Crippen LogP contribution in [0.1, 0.15) is 221 Å². The van der Waals surface area contributed by atoms with Gasteiger partial charge < -0.3 is 15.1 Å². The lowest BCUT2D eigenvalue weighted by atomic mass is 10.0. The lowest BCUT2D eigenvalue weighted by molar-refractivity contribution is -0.923. The zero-order valence-corrected chi connectivity index (χ0v) is 35.1. The van der Waals surface area contributed by atoms with Crippen molar-refractivity contribution in [1.29, 1.82) is 5.26 Å². The first kappa shape index (κ1) is 49.4. The standard InChI is InChI=1S/C45H88N4O2/c1-6-49(39-31-36-46,40-37-47-44(50)34-29-25-21-17-13-9-7-11-15-19-23-27-32-42(2)3)41-38-48-45(51)35-30-26-22-18-14-10-8-12-16-20-24-28-33-43(4)5/h42-43H,6-35,37-41H2,1-5H3,(H-,47,48,50,51)/p+1. The molecule has 0 saturated carbocycles. The van der Waals surface area contributed by atoms with Crippen molar-refractivity contribution in [3.63, 3.8) is 0 Å². The van der Waals surface area contributed by atoms with E-state index in [1.165, 1.54) is 141 Å². The summed E-state index contributed by atoms with van der Waals surface area (Å²) < 4.78 is 0.754. The van der Waals surface area contributed by atoms with Gasteiger partial charge in [0.1, 0.15) is 0 Å². The van der Waals surface area contributed by atoms with Crippen molar-refractivity contribution < 1.29 is 14.1 Å². The molecule has 0 aliphatic heterocycles. The Morgan fingerprint density at radius 2 is 0.784 bits per heavy atom. The van der Waals surface area contributed by atoms with Crippen molar-refractivity contribution >= 4 is 11.8 Å². The summed E-state index contributed by atoms with van der Waals surface area (Å²) in [7, 11) is 0. The van der Waals surface area contributed by atoms with Gasteiger partial charge >= 0.3 is 0 Å². The third-order valence-electron chi connectivity index (χ3n) is 11.1. The fraction of sp³-hybridized carbons (Fsp3) is 0.933. The molecule has 0 spiro atoms. The summed E-state index contributed by atoms with van der Waals surface area (Å²) >= 11 is 0. The lowest BCUT2D eigenvalue weighted by Crippen LogP contribution is -2.55. The first-order valence-electron chi connectivity index (χ1n) is 22.5. The van der Waals surface area contributed by atoms with Gasteiger partial charge in [0, 0.05) is 12.8 Å². The van der Waals surface area contributed by atoms with Crippen LogP contribution in [0, 0.1) is 23.2 Å². The maximum atomic E-state index is 12.5. The zero-order chi connectivity index (χ0) is 37.7. The third-order valence-corrected chi connectivity index (χ3v) is 11.1. The van der Waals surface area contributed by atoms with E-state index in [-0.39, 0.29) is 11.8 Å². The van der Waals surface area contributed by atoms with Gasteiger partial charge in [0.15, 0.2) is 0 Å². The van der Waals surface area contributed by atoms with Gasteiger partial charge in [0.2, 0.25) is 11.8 Å². The lowest BCUT2D eigenvalue weighted by Gasteiger charge is -2.37. The summed E-state index contributed by atoms with van der Waals surface area (Å²) in [6.07, 6.45) is 35.9. The minimum atomic E-state index is 0.147. The fourth-order valence-corrected chi connectivity index (χ4v) is 7.35. The topological polar surface area (TPSA) is 82.0 Å². The van der Waals surface area contributed by atoms with Gasteiger partial charge in [-0.05, 0) is 31.6 Å². The summed E-state index contributed by atoms with van der Waals surface area (Å²) in [4.78, 5) is 25.0. The highest BCUT2D eigenvalue weighted by Gasteiger charge is 2.25. The molecular formula is C45H89N4O2+. The van der Waals surface area contributed by atoms with Crippen LogP contribution in [0.25, 0.3) is 0 Å². The Bertz CT molecular complexity index is 768. The van der Waals surface area contributed by atoms with E-state index in [0.717, 1.165) is 68.2 Å². The number of nitrogens with one attached hydrogen (secondary N) is 2. The van der Waals surface area contributed by atoms with Crippen molar-refractivity contribution in [2.45, 2.75) is 221 Å². The molecule has 0 aliphatic carbocycles. The molecule has 0 fully saturated rings. The quantitative estimate of drug-likeness (QED) is 0.0490. The van der Waals surface area contributed by atoms with Gasteiger partial charge in [-0.3, -0.25) is 9.59 Å². The molecule has 0 unspecified atom stereocenters. The molecule has 0 atom stereocenters. The zero-order valence-electron chi connectivity index (χ0n) is 35.1. The van der Waals surface area contributed by atoms with E-state index in [9.17, 15) is 14.9 Å². The molecule has 0 aromatic heterocycles. The molecule has 0 saturated heterocycles. The predicted octanol–water partition coefficient (Wildman–Crippen LogP) is 12.2.